The van der Waals surface area contributed by atoms with Crippen LogP contribution in [-0.2, 0) is 9.47 Å². The summed E-state index contributed by atoms with van der Waals surface area (Å²) in [5, 5.41) is 3.10. The molecule has 0 amide bonds. The molecule has 1 saturated heterocycles. The number of carbonyl (C=O) groups is 1. The van der Waals surface area contributed by atoms with E-state index >= 15 is 0 Å². The highest BCUT2D eigenvalue weighted by Gasteiger charge is 2.19. The molecule has 0 bridgehead atoms. The Morgan fingerprint density at radius 1 is 1.29 bits per heavy atom. The Hall–Kier alpha value is -2.87. The molecule has 126 valence electrons. The highest BCUT2D eigenvalue weighted by molar-refractivity contribution is 5.97. The average molecular weight is 329 g/mol. The highest BCUT2D eigenvalue weighted by Crippen LogP contribution is 2.30. The minimum Gasteiger partial charge on any atom is -0.465 e. The van der Waals surface area contributed by atoms with Crippen LogP contribution in [0.4, 0.5) is 23.0 Å². The summed E-state index contributed by atoms with van der Waals surface area (Å²) in [6.07, 6.45) is 1.45. The number of hydrogen-bond acceptors (Lipinski definition) is 8. The van der Waals surface area contributed by atoms with Crippen molar-refractivity contribution >= 4 is 29.0 Å². The Bertz CT molecular complexity index is 731. The van der Waals surface area contributed by atoms with Gasteiger partial charge < -0.3 is 25.4 Å². The number of carbonyl (C=O) groups excluding carboxylic acids is 1. The van der Waals surface area contributed by atoms with Crippen LogP contribution in [0.1, 0.15) is 10.4 Å². The van der Waals surface area contributed by atoms with E-state index < -0.39 is 5.97 Å². The highest BCUT2D eigenvalue weighted by atomic mass is 16.5. The van der Waals surface area contributed by atoms with Crippen molar-refractivity contribution in [3.8, 4) is 0 Å². The molecule has 1 aliphatic rings. The van der Waals surface area contributed by atoms with E-state index in [1.54, 1.807) is 18.2 Å². The first kappa shape index (κ1) is 16.0. The van der Waals surface area contributed by atoms with Gasteiger partial charge in [0.25, 0.3) is 0 Å². The lowest BCUT2D eigenvalue weighted by Crippen LogP contribution is -2.37. The molecule has 0 spiro atoms. The van der Waals surface area contributed by atoms with Crippen molar-refractivity contribution < 1.29 is 14.3 Å². The zero-order chi connectivity index (χ0) is 16.9. The topological polar surface area (TPSA) is 103 Å². The van der Waals surface area contributed by atoms with Crippen molar-refractivity contribution in [3.63, 3.8) is 0 Å². The predicted octanol–water partition coefficient (Wildman–Crippen LogP) is 1.43. The number of nitrogens with one attached hydrogen (secondary N) is 1. The lowest BCUT2D eigenvalue weighted by Gasteiger charge is -2.29. The summed E-state index contributed by atoms with van der Waals surface area (Å²) < 4.78 is 10.1. The van der Waals surface area contributed by atoms with Crippen LogP contribution in [0, 0.1) is 0 Å². The number of aromatic nitrogens is 2. The molecule has 0 saturated carbocycles. The molecular weight excluding hydrogens is 310 g/mol. The molecule has 3 rings (SSSR count). The monoisotopic (exact) mass is 329 g/mol. The first-order valence-electron chi connectivity index (χ1n) is 7.58. The van der Waals surface area contributed by atoms with Gasteiger partial charge >= 0.3 is 5.97 Å². The molecule has 1 fully saturated rings. The van der Waals surface area contributed by atoms with Crippen LogP contribution >= 0.6 is 0 Å². The van der Waals surface area contributed by atoms with E-state index in [2.05, 4.69) is 20.2 Å². The largest absolute Gasteiger partial charge is 0.465 e. The Balaban J connectivity index is 1.90. The molecule has 0 atom stereocenters. The van der Waals surface area contributed by atoms with Gasteiger partial charge in [-0.1, -0.05) is 12.1 Å². The van der Waals surface area contributed by atoms with E-state index in [1.165, 1.54) is 13.4 Å². The summed E-state index contributed by atoms with van der Waals surface area (Å²) in [7, 11) is 1.34. The van der Waals surface area contributed by atoms with Crippen molar-refractivity contribution in [1.82, 2.24) is 9.97 Å². The lowest BCUT2D eigenvalue weighted by molar-refractivity contribution is 0.0602. The van der Waals surface area contributed by atoms with Crippen molar-refractivity contribution in [2.75, 3.05) is 49.4 Å². The second-order valence-corrected chi connectivity index (χ2v) is 5.22. The molecular formula is C16H19N5O3. The lowest BCUT2D eigenvalue weighted by atomic mass is 10.2. The number of rotatable bonds is 4. The molecule has 1 aliphatic heterocycles. The second kappa shape index (κ2) is 7.14. The summed E-state index contributed by atoms with van der Waals surface area (Å²) in [5.41, 5.74) is 7.64. The molecule has 1 aromatic heterocycles. The van der Waals surface area contributed by atoms with Gasteiger partial charge in [-0.3, -0.25) is 0 Å². The second-order valence-electron chi connectivity index (χ2n) is 5.22. The van der Waals surface area contributed by atoms with E-state index in [1.807, 2.05) is 6.07 Å². The predicted molar refractivity (Wildman–Crippen MR) is 90.5 cm³/mol. The van der Waals surface area contributed by atoms with Crippen molar-refractivity contribution in [1.29, 1.82) is 0 Å². The van der Waals surface area contributed by atoms with Gasteiger partial charge in [0.05, 0.1) is 31.6 Å². The third-order valence-corrected chi connectivity index (χ3v) is 3.76. The molecule has 3 N–H and O–H groups in total. The van der Waals surface area contributed by atoms with Crippen LogP contribution in [0.25, 0.3) is 0 Å². The number of nitrogens with zero attached hydrogens (tertiary/aromatic N) is 3. The van der Waals surface area contributed by atoms with Crippen LogP contribution in [0.3, 0.4) is 0 Å². The Morgan fingerprint density at radius 3 is 2.79 bits per heavy atom. The number of esters is 1. The van der Waals surface area contributed by atoms with E-state index in [0.717, 1.165) is 13.1 Å². The van der Waals surface area contributed by atoms with Gasteiger partial charge in [0, 0.05) is 13.1 Å². The molecule has 2 aromatic rings. The number of para-hydroxylation sites is 1. The van der Waals surface area contributed by atoms with Crippen LogP contribution < -0.4 is 16.0 Å². The van der Waals surface area contributed by atoms with Gasteiger partial charge in [0.15, 0.2) is 11.6 Å². The molecule has 2 heterocycles. The van der Waals surface area contributed by atoms with E-state index in [-0.39, 0.29) is 0 Å². The minimum atomic E-state index is -0.431. The van der Waals surface area contributed by atoms with E-state index in [9.17, 15) is 4.79 Å². The molecule has 0 aliphatic carbocycles. The Kier molecular flexibility index (Phi) is 4.76. The van der Waals surface area contributed by atoms with Crippen LogP contribution in [0.15, 0.2) is 30.6 Å². The van der Waals surface area contributed by atoms with Crippen molar-refractivity contribution in [3.05, 3.63) is 36.2 Å². The molecule has 1 aromatic carbocycles. The summed E-state index contributed by atoms with van der Waals surface area (Å²) in [6, 6.07) is 7.02. The number of nitrogens with two attached hydrogens (primary N) is 1. The van der Waals surface area contributed by atoms with Gasteiger partial charge in [0.2, 0.25) is 0 Å². The van der Waals surface area contributed by atoms with Crippen molar-refractivity contribution in [2.45, 2.75) is 0 Å². The average Bonchev–Trinajstić information content (AvgIpc) is 2.64. The first-order chi connectivity index (χ1) is 11.7. The maximum atomic E-state index is 11.9. The number of hydrogen-bond donors (Lipinski definition) is 2. The summed E-state index contributed by atoms with van der Waals surface area (Å²) in [6.45, 7) is 2.72. The molecule has 0 unspecified atom stereocenters. The van der Waals surface area contributed by atoms with E-state index in [0.29, 0.717) is 41.8 Å². The summed E-state index contributed by atoms with van der Waals surface area (Å²) in [4.78, 5) is 22.4. The summed E-state index contributed by atoms with van der Waals surface area (Å²) in [5.74, 6) is 0.674. The number of nitrogen functional groups attached to an aromatic ring is 1. The number of anilines is 4. The SMILES string of the molecule is COC(=O)c1ccccc1Nc1ncnc(N2CCOCC2)c1N. The fraction of sp³-hybridized carbons (Fsp3) is 0.312. The fourth-order valence-electron chi connectivity index (χ4n) is 2.52. The van der Waals surface area contributed by atoms with E-state index in [4.69, 9.17) is 15.2 Å². The van der Waals surface area contributed by atoms with Gasteiger partial charge in [-0.25, -0.2) is 14.8 Å². The number of morpholine rings is 1. The van der Waals surface area contributed by atoms with Crippen LogP contribution in [0.5, 0.6) is 0 Å². The number of benzene rings is 1. The third-order valence-electron chi connectivity index (χ3n) is 3.76. The third kappa shape index (κ3) is 3.23. The number of methoxy groups -OCH3 is 1. The molecule has 0 radical (unpaired) electrons. The maximum absolute atomic E-state index is 11.9. The summed E-state index contributed by atoms with van der Waals surface area (Å²) >= 11 is 0. The van der Waals surface area contributed by atoms with Crippen LogP contribution in [-0.4, -0.2) is 49.4 Å². The van der Waals surface area contributed by atoms with Gasteiger partial charge in [-0.05, 0) is 12.1 Å². The minimum absolute atomic E-state index is 0.408. The smallest absolute Gasteiger partial charge is 0.339 e. The maximum Gasteiger partial charge on any atom is 0.339 e. The Labute approximate surface area is 139 Å². The quantitative estimate of drug-likeness (QED) is 0.812. The van der Waals surface area contributed by atoms with Crippen LogP contribution in [0.2, 0.25) is 0 Å². The van der Waals surface area contributed by atoms with Gasteiger partial charge in [0.1, 0.15) is 12.0 Å². The fourth-order valence-corrected chi connectivity index (χ4v) is 2.52. The standard InChI is InChI=1S/C16H19N5O3/c1-23-16(22)11-4-2-3-5-12(11)20-14-13(17)15(19-10-18-14)21-6-8-24-9-7-21/h2-5,10H,6-9,17H2,1H3,(H,18,19,20). The zero-order valence-corrected chi connectivity index (χ0v) is 13.4. The number of ether oxygens (including phenoxy) is 2. The normalized spacial score (nSPS) is 14.3. The zero-order valence-electron chi connectivity index (χ0n) is 13.4. The molecule has 24 heavy (non-hydrogen) atoms. The van der Waals surface area contributed by atoms with Crippen molar-refractivity contribution in [2.24, 2.45) is 0 Å². The first-order valence-corrected chi connectivity index (χ1v) is 7.58. The Morgan fingerprint density at radius 2 is 2.04 bits per heavy atom. The van der Waals surface area contributed by atoms with Gasteiger partial charge in [-0.2, -0.15) is 0 Å². The van der Waals surface area contributed by atoms with Gasteiger partial charge in [-0.15, -0.1) is 0 Å². The molecule has 8 heteroatoms. The molecule has 8 nitrogen and oxygen atoms in total.